The van der Waals surface area contributed by atoms with Crippen LogP contribution in [-0.4, -0.2) is 35.4 Å². The standard InChI is InChI=1S/C19H29N3O2S/c1-6-22(7-2)15(16-9-8-10-24-16)12-20-19(23)18-14(5)21-17(25-18)11-13(3)4/h8-10,13,15H,6-7,11-12H2,1-5H3,(H,20,23). The van der Waals surface area contributed by atoms with E-state index < -0.39 is 0 Å². The number of aromatic nitrogens is 1. The van der Waals surface area contributed by atoms with Crippen molar-refractivity contribution in [3.63, 3.8) is 0 Å². The van der Waals surface area contributed by atoms with Crippen LogP contribution < -0.4 is 5.32 Å². The van der Waals surface area contributed by atoms with Gasteiger partial charge in [0.2, 0.25) is 0 Å². The molecule has 2 aromatic heterocycles. The van der Waals surface area contributed by atoms with Gasteiger partial charge < -0.3 is 9.73 Å². The molecule has 5 nitrogen and oxygen atoms in total. The maximum absolute atomic E-state index is 12.6. The van der Waals surface area contributed by atoms with Crippen LogP contribution in [0.2, 0.25) is 0 Å². The molecule has 0 aromatic carbocycles. The van der Waals surface area contributed by atoms with E-state index in [1.54, 1.807) is 6.26 Å². The minimum atomic E-state index is -0.0475. The van der Waals surface area contributed by atoms with Crippen molar-refractivity contribution in [2.45, 2.75) is 47.1 Å². The van der Waals surface area contributed by atoms with Gasteiger partial charge in [-0.05, 0) is 38.1 Å². The lowest BCUT2D eigenvalue weighted by atomic mass is 10.1. The molecule has 0 radical (unpaired) electrons. The first kappa shape index (κ1) is 19.7. The van der Waals surface area contributed by atoms with Crippen molar-refractivity contribution in [3.05, 3.63) is 39.7 Å². The van der Waals surface area contributed by atoms with Gasteiger partial charge in [-0.25, -0.2) is 4.98 Å². The fraction of sp³-hybridized carbons (Fsp3) is 0.579. The molecule has 0 saturated carbocycles. The third-order valence-corrected chi connectivity index (χ3v) is 5.39. The molecule has 0 fully saturated rings. The molecule has 2 rings (SSSR count). The monoisotopic (exact) mass is 363 g/mol. The van der Waals surface area contributed by atoms with Gasteiger partial charge in [-0.15, -0.1) is 11.3 Å². The maximum Gasteiger partial charge on any atom is 0.263 e. The van der Waals surface area contributed by atoms with Crippen LogP contribution in [0.3, 0.4) is 0 Å². The lowest BCUT2D eigenvalue weighted by Crippen LogP contribution is -2.37. The number of hydrogen-bond acceptors (Lipinski definition) is 5. The zero-order valence-corrected chi connectivity index (χ0v) is 16.7. The van der Waals surface area contributed by atoms with Crippen LogP contribution in [0.4, 0.5) is 0 Å². The molecule has 2 heterocycles. The third-order valence-electron chi connectivity index (χ3n) is 4.21. The highest BCUT2D eigenvalue weighted by atomic mass is 32.1. The second kappa shape index (κ2) is 9.15. The minimum absolute atomic E-state index is 0.0392. The summed E-state index contributed by atoms with van der Waals surface area (Å²) in [5.74, 6) is 1.37. The van der Waals surface area contributed by atoms with Gasteiger partial charge in [0.1, 0.15) is 10.6 Å². The Morgan fingerprint density at radius 1 is 1.36 bits per heavy atom. The number of thiazole rings is 1. The van der Waals surface area contributed by atoms with Gasteiger partial charge in [0.05, 0.1) is 23.0 Å². The van der Waals surface area contributed by atoms with E-state index in [1.165, 1.54) is 11.3 Å². The number of likely N-dealkylation sites (N-methyl/N-ethyl adjacent to an activating group) is 1. The van der Waals surface area contributed by atoms with E-state index in [4.69, 9.17) is 4.42 Å². The molecule has 1 amide bonds. The largest absolute Gasteiger partial charge is 0.468 e. The quantitative estimate of drug-likeness (QED) is 0.730. The number of furan rings is 1. The van der Waals surface area contributed by atoms with Crippen LogP contribution in [0, 0.1) is 12.8 Å². The molecular weight excluding hydrogens is 334 g/mol. The molecule has 138 valence electrons. The average Bonchev–Trinajstić information content (AvgIpc) is 3.20. The highest BCUT2D eigenvalue weighted by molar-refractivity contribution is 7.13. The molecular formula is C19H29N3O2S. The Balaban J connectivity index is 2.07. The molecule has 0 bridgehead atoms. The molecule has 25 heavy (non-hydrogen) atoms. The van der Waals surface area contributed by atoms with Crippen molar-refractivity contribution >= 4 is 17.2 Å². The normalized spacial score (nSPS) is 12.8. The Morgan fingerprint density at radius 2 is 2.08 bits per heavy atom. The first-order valence-corrected chi connectivity index (χ1v) is 9.79. The van der Waals surface area contributed by atoms with Gasteiger partial charge >= 0.3 is 0 Å². The van der Waals surface area contributed by atoms with Crippen molar-refractivity contribution in [2.24, 2.45) is 5.92 Å². The Hall–Kier alpha value is -1.66. The van der Waals surface area contributed by atoms with Crippen molar-refractivity contribution in [1.29, 1.82) is 0 Å². The molecule has 1 unspecified atom stereocenters. The van der Waals surface area contributed by atoms with Crippen LogP contribution in [0.25, 0.3) is 0 Å². The zero-order valence-electron chi connectivity index (χ0n) is 15.8. The number of hydrogen-bond donors (Lipinski definition) is 1. The number of carbonyl (C=O) groups is 1. The molecule has 1 atom stereocenters. The number of nitrogens with zero attached hydrogens (tertiary/aromatic N) is 2. The van der Waals surface area contributed by atoms with Gasteiger partial charge in [-0.2, -0.15) is 0 Å². The summed E-state index contributed by atoms with van der Waals surface area (Å²) < 4.78 is 5.59. The Labute approximate surface area is 154 Å². The van der Waals surface area contributed by atoms with Crippen molar-refractivity contribution < 1.29 is 9.21 Å². The fourth-order valence-corrected chi connectivity index (χ4v) is 4.12. The van der Waals surface area contributed by atoms with Crippen LogP contribution >= 0.6 is 11.3 Å². The van der Waals surface area contributed by atoms with E-state index >= 15 is 0 Å². The number of aryl methyl sites for hydroxylation is 1. The summed E-state index contributed by atoms with van der Waals surface area (Å²) in [6.07, 6.45) is 2.59. The van der Waals surface area contributed by atoms with E-state index in [2.05, 4.69) is 42.9 Å². The number of amides is 1. The number of nitrogens with one attached hydrogen (secondary N) is 1. The molecule has 0 aliphatic rings. The van der Waals surface area contributed by atoms with E-state index in [9.17, 15) is 4.79 Å². The molecule has 0 aliphatic carbocycles. The first-order valence-electron chi connectivity index (χ1n) is 8.98. The number of rotatable bonds is 9. The van der Waals surface area contributed by atoms with Gasteiger partial charge in [-0.3, -0.25) is 9.69 Å². The molecule has 2 aromatic rings. The summed E-state index contributed by atoms with van der Waals surface area (Å²) in [5.41, 5.74) is 0.815. The highest BCUT2D eigenvalue weighted by Gasteiger charge is 2.23. The SMILES string of the molecule is CCN(CC)C(CNC(=O)c1sc(CC(C)C)nc1C)c1ccco1. The Bertz CT molecular complexity index is 660. The summed E-state index contributed by atoms with van der Waals surface area (Å²) in [5, 5.41) is 4.11. The second-order valence-electron chi connectivity index (χ2n) is 6.58. The van der Waals surface area contributed by atoms with Crippen LogP contribution in [-0.2, 0) is 6.42 Å². The predicted molar refractivity (Wildman–Crippen MR) is 102 cm³/mol. The fourth-order valence-electron chi connectivity index (χ4n) is 2.92. The van der Waals surface area contributed by atoms with Gasteiger partial charge in [-0.1, -0.05) is 27.7 Å². The predicted octanol–water partition coefficient (Wildman–Crippen LogP) is 4.06. The Kier molecular flexibility index (Phi) is 7.20. The van der Waals surface area contributed by atoms with Gasteiger partial charge in [0, 0.05) is 13.0 Å². The molecule has 0 saturated heterocycles. The van der Waals surface area contributed by atoms with Crippen LogP contribution in [0.1, 0.15) is 59.9 Å². The molecule has 0 spiro atoms. The Morgan fingerprint density at radius 3 is 2.64 bits per heavy atom. The van der Waals surface area contributed by atoms with Gasteiger partial charge in [0.15, 0.2) is 0 Å². The average molecular weight is 364 g/mol. The van der Waals surface area contributed by atoms with E-state index in [0.717, 1.165) is 36.0 Å². The molecule has 1 N–H and O–H groups in total. The molecule has 0 aliphatic heterocycles. The van der Waals surface area contributed by atoms with Crippen molar-refractivity contribution in [3.8, 4) is 0 Å². The summed E-state index contributed by atoms with van der Waals surface area (Å²) in [6.45, 7) is 12.8. The van der Waals surface area contributed by atoms with E-state index in [1.807, 2.05) is 19.1 Å². The van der Waals surface area contributed by atoms with E-state index in [-0.39, 0.29) is 11.9 Å². The first-order chi connectivity index (χ1) is 12.0. The lowest BCUT2D eigenvalue weighted by molar-refractivity contribution is 0.0933. The summed E-state index contributed by atoms with van der Waals surface area (Å²) >= 11 is 1.50. The third kappa shape index (κ3) is 5.16. The van der Waals surface area contributed by atoms with Gasteiger partial charge in [0.25, 0.3) is 5.91 Å². The summed E-state index contributed by atoms with van der Waals surface area (Å²) in [7, 11) is 0. The van der Waals surface area contributed by atoms with E-state index in [0.29, 0.717) is 17.3 Å². The minimum Gasteiger partial charge on any atom is -0.468 e. The topological polar surface area (TPSA) is 58.4 Å². The van der Waals surface area contributed by atoms with Crippen molar-refractivity contribution in [1.82, 2.24) is 15.2 Å². The highest BCUT2D eigenvalue weighted by Crippen LogP contribution is 2.23. The van der Waals surface area contributed by atoms with Crippen LogP contribution in [0.5, 0.6) is 0 Å². The second-order valence-corrected chi connectivity index (χ2v) is 7.67. The summed E-state index contributed by atoms with van der Waals surface area (Å²) in [6, 6.07) is 3.89. The molecule has 6 heteroatoms. The lowest BCUT2D eigenvalue weighted by Gasteiger charge is -2.28. The summed E-state index contributed by atoms with van der Waals surface area (Å²) in [4.78, 5) is 20.2. The van der Waals surface area contributed by atoms with Crippen molar-refractivity contribution in [2.75, 3.05) is 19.6 Å². The van der Waals surface area contributed by atoms with Crippen LogP contribution in [0.15, 0.2) is 22.8 Å². The zero-order chi connectivity index (χ0) is 18.4. The smallest absolute Gasteiger partial charge is 0.263 e. The number of carbonyl (C=O) groups excluding carboxylic acids is 1. The maximum atomic E-state index is 12.6.